The number of nitrogens with zero attached hydrogens (tertiary/aromatic N) is 1. The maximum absolute atomic E-state index is 6.03. The second-order valence-corrected chi connectivity index (χ2v) is 6.21. The third-order valence-electron chi connectivity index (χ3n) is 4.31. The minimum Gasteiger partial charge on any atom is -0.366 e. The van der Waals surface area contributed by atoms with Crippen LogP contribution in [0.3, 0.4) is 0 Å². The normalized spacial score (nSPS) is 24.8. The summed E-state index contributed by atoms with van der Waals surface area (Å²) in [6, 6.07) is 8.42. The van der Waals surface area contributed by atoms with Gasteiger partial charge in [0.25, 0.3) is 0 Å². The zero-order valence-electron chi connectivity index (χ0n) is 12.8. The van der Waals surface area contributed by atoms with Crippen molar-refractivity contribution in [2.24, 2.45) is 5.73 Å². The Kier molecular flexibility index (Phi) is 4.51. The van der Waals surface area contributed by atoms with Gasteiger partial charge in [-0.2, -0.15) is 0 Å². The number of nitrogens with two attached hydrogens (primary N) is 1. The van der Waals surface area contributed by atoms with Gasteiger partial charge in [-0.15, -0.1) is 0 Å². The zero-order valence-corrected chi connectivity index (χ0v) is 12.8. The van der Waals surface area contributed by atoms with Crippen LogP contribution in [0, 0.1) is 6.92 Å². The third kappa shape index (κ3) is 3.11. The van der Waals surface area contributed by atoms with Crippen molar-refractivity contribution < 1.29 is 0 Å². The molecule has 1 fully saturated rings. The predicted octanol–water partition coefficient (Wildman–Crippen LogP) is 3.65. The molecule has 0 radical (unpaired) electrons. The summed E-state index contributed by atoms with van der Waals surface area (Å²) in [5, 5.41) is 0. The van der Waals surface area contributed by atoms with Gasteiger partial charge in [0.1, 0.15) is 0 Å². The van der Waals surface area contributed by atoms with Gasteiger partial charge in [-0.3, -0.25) is 0 Å². The summed E-state index contributed by atoms with van der Waals surface area (Å²) in [6.07, 6.45) is 4.83. The maximum Gasteiger partial charge on any atom is 0.0404 e. The molecule has 1 aliphatic rings. The van der Waals surface area contributed by atoms with Crippen LogP contribution < -0.4 is 10.6 Å². The first kappa shape index (κ1) is 14.4. The molecule has 106 valence electrons. The largest absolute Gasteiger partial charge is 0.366 e. The van der Waals surface area contributed by atoms with Crippen molar-refractivity contribution in [1.29, 1.82) is 0 Å². The summed E-state index contributed by atoms with van der Waals surface area (Å²) in [5.74, 6) is 0. The highest BCUT2D eigenvalue weighted by Gasteiger charge is 2.30. The standard InChI is InChI=1S/C17H28N2/c1-5-16-8-7-14(4)19(16)17-9-6-12(2)10-15(17)11-13(3)18/h6,9-10,13-14,16H,5,7-8,11,18H2,1-4H3. The Balaban J connectivity index is 2.37. The van der Waals surface area contributed by atoms with E-state index in [9.17, 15) is 0 Å². The molecule has 1 aromatic carbocycles. The second-order valence-electron chi connectivity index (χ2n) is 6.21. The summed E-state index contributed by atoms with van der Waals surface area (Å²) in [4.78, 5) is 2.64. The van der Waals surface area contributed by atoms with Crippen molar-refractivity contribution in [2.75, 3.05) is 4.90 Å². The highest BCUT2D eigenvalue weighted by atomic mass is 15.2. The lowest BCUT2D eigenvalue weighted by Crippen LogP contribution is -2.35. The van der Waals surface area contributed by atoms with Crippen LogP contribution in [0.4, 0.5) is 5.69 Å². The molecule has 3 atom stereocenters. The fourth-order valence-electron chi connectivity index (χ4n) is 3.38. The molecule has 0 bridgehead atoms. The van der Waals surface area contributed by atoms with E-state index in [2.05, 4.69) is 50.8 Å². The van der Waals surface area contributed by atoms with Gasteiger partial charge < -0.3 is 10.6 Å². The Hall–Kier alpha value is -1.02. The zero-order chi connectivity index (χ0) is 14.0. The lowest BCUT2D eigenvalue weighted by Gasteiger charge is -2.33. The van der Waals surface area contributed by atoms with Gasteiger partial charge in [0.2, 0.25) is 0 Å². The van der Waals surface area contributed by atoms with Crippen molar-refractivity contribution in [3.8, 4) is 0 Å². The van der Waals surface area contributed by atoms with Crippen LogP contribution in [-0.4, -0.2) is 18.1 Å². The molecule has 1 aliphatic heterocycles. The van der Waals surface area contributed by atoms with E-state index in [-0.39, 0.29) is 6.04 Å². The summed E-state index contributed by atoms with van der Waals surface area (Å²) in [7, 11) is 0. The van der Waals surface area contributed by atoms with Crippen molar-refractivity contribution in [2.45, 2.75) is 71.5 Å². The van der Waals surface area contributed by atoms with E-state index in [1.165, 1.54) is 36.1 Å². The first-order chi connectivity index (χ1) is 9.02. The van der Waals surface area contributed by atoms with Gasteiger partial charge in [0, 0.05) is 23.8 Å². The Morgan fingerprint density at radius 2 is 2.11 bits per heavy atom. The van der Waals surface area contributed by atoms with Crippen LogP contribution in [-0.2, 0) is 6.42 Å². The number of hydrogen-bond acceptors (Lipinski definition) is 2. The fourth-order valence-corrected chi connectivity index (χ4v) is 3.38. The van der Waals surface area contributed by atoms with Crippen molar-refractivity contribution >= 4 is 5.69 Å². The molecule has 0 aliphatic carbocycles. The smallest absolute Gasteiger partial charge is 0.0404 e. The van der Waals surface area contributed by atoms with E-state index in [4.69, 9.17) is 5.73 Å². The third-order valence-corrected chi connectivity index (χ3v) is 4.31. The molecule has 2 rings (SSSR count). The van der Waals surface area contributed by atoms with Gasteiger partial charge in [0.05, 0.1) is 0 Å². The summed E-state index contributed by atoms with van der Waals surface area (Å²) in [6.45, 7) is 8.91. The number of rotatable bonds is 4. The van der Waals surface area contributed by atoms with E-state index >= 15 is 0 Å². The fraction of sp³-hybridized carbons (Fsp3) is 0.647. The van der Waals surface area contributed by atoms with Gasteiger partial charge >= 0.3 is 0 Å². The molecule has 1 aromatic rings. The maximum atomic E-state index is 6.03. The minimum absolute atomic E-state index is 0.221. The van der Waals surface area contributed by atoms with E-state index in [1.54, 1.807) is 0 Å². The van der Waals surface area contributed by atoms with Crippen molar-refractivity contribution in [3.05, 3.63) is 29.3 Å². The first-order valence-corrected chi connectivity index (χ1v) is 7.66. The molecule has 0 spiro atoms. The monoisotopic (exact) mass is 260 g/mol. The average molecular weight is 260 g/mol. The Morgan fingerprint density at radius 1 is 1.37 bits per heavy atom. The second kappa shape index (κ2) is 5.96. The van der Waals surface area contributed by atoms with Crippen LogP contribution in [0.5, 0.6) is 0 Å². The molecule has 1 heterocycles. The number of anilines is 1. The minimum atomic E-state index is 0.221. The number of aryl methyl sites for hydroxylation is 1. The molecule has 2 nitrogen and oxygen atoms in total. The van der Waals surface area contributed by atoms with Gasteiger partial charge in [-0.1, -0.05) is 24.6 Å². The van der Waals surface area contributed by atoms with Gasteiger partial charge in [-0.25, -0.2) is 0 Å². The molecular formula is C17H28N2. The lowest BCUT2D eigenvalue weighted by atomic mass is 10.0. The Morgan fingerprint density at radius 3 is 2.74 bits per heavy atom. The molecule has 0 amide bonds. The van der Waals surface area contributed by atoms with Gasteiger partial charge in [0.15, 0.2) is 0 Å². The van der Waals surface area contributed by atoms with Gasteiger partial charge in [-0.05, 0) is 58.1 Å². The number of benzene rings is 1. The Labute approximate surface area is 118 Å². The molecule has 3 unspecified atom stereocenters. The summed E-state index contributed by atoms with van der Waals surface area (Å²) in [5.41, 5.74) is 10.2. The molecule has 2 heteroatoms. The summed E-state index contributed by atoms with van der Waals surface area (Å²) >= 11 is 0. The summed E-state index contributed by atoms with van der Waals surface area (Å²) < 4.78 is 0. The molecule has 1 saturated heterocycles. The van der Waals surface area contributed by atoms with Crippen molar-refractivity contribution in [3.63, 3.8) is 0 Å². The van der Waals surface area contributed by atoms with E-state index in [0.29, 0.717) is 12.1 Å². The van der Waals surface area contributed by atoms with E-state index in [1.807, 2.05) is 0 Å². The molecular weight excluding hydrogens is 232 g/mol. The lowest BCUT2D eigenvalue weighted by molar-refractivity contribution is 0.622. The molecule has 2 N–H and O–H groups in total. The quantitative estimate of drug-likeness (QED) is 0.895. The SMILES string of the molecule is CCC1CCC(C)N1c1ccc(C)cc1CC(C)N. The highest BCUT2D eigenvalue weighted by molar-refractivity contribution is 5.57. The van der Waals surface area contributed by atoms with Crippen LogP contribution >= 0.6 is 0 Å². The van der Waals surface area contributed by atoms with Crippen molar-refractivity contribution in [1.82, 2.24) is 0 Å². The number of hydrogen-bond donors (Lipinski definition) is 1. The molecule has 19 heavy (non-hydrogen) atoms. The van der Waals surface area contributed by atoms with Crippen LogP contribution in [0.1, 0.15) is 51.2 Å². The van der Waals surface area contributed by atoms with Crippen LogP contribution in [0.25, 0.3) is 0 Å². The van der Waals surface area contributed by atoms with E-state index < -0.39 is 0 Å². The molecule has 0 aromatic heterocycles. The molecule has 0 saturated carbocycles. The predicted molar refractivity (Wildman–Crippen MR) is 83.8 cm³/mol. The highest BCUT2D eigenvalue weighted by Crippen LogP contribution is 2.35. The first-order valence-electron chi connectivity index (χ1n) is 7.66. The van der Waals surface area contributed by atoms with Crippen LogP contribution in [0.2, 0.25) is 0 Å². The van der Waals surface area contributed by atoms with Crippen LogP contribution in [0.15, 0.2) is 18.2 Å². The Bertz CT molecular complexity index is 425. The topological polar surface area (TPSA) is 29.3 Å². The average Bonchev–Trinajstić information content (AvgIpc) is 2.70. The van der Waals surface area contributed by atoms with E-state index in [0.717, 1.165) is 6.42 Å².